The molecule has 1 aliphatic rings. The highest BCUT2D eigenvalue weighted by Crippen LogP contribution is 2.26. The van der Waals surface area contributed by atoms with E-state index in [0.717, 1.165) is 18.5 Å². The highest BCUT2D eigenvalue weighted by Gasteiger charge is 2.21. The van der Waals surface area contributed by atoms with E-state index in [1.54, 1.807) is 12.1 Å². The molecule has 2 heteroatoms. The van der Waals surface area contributed by atoms with E-state index in [1.165, 1.54) is 6.07 Å². The lowest BCUT2D eigenvalue weighted by Crippen LogP contribution is -2.13. The third kappa shape index (κ3) is 1.89. The number of nitrogens with one attached hydrogen (secondary N) is 1. The lowest BCUT2D eigenvalue weighted by atomic mass is 10.0. The van der Waals surface area contributed by atoms with Crippen LogP contribution in [0, 0.1) is 11.7 Å². The summed E-state index contributed by atoms with van der Waals surface area (Å²) in [5, 5.41) is 3.38. The van der Waals surface area contributed by atoms with Gasteiger partial charge in [0.25, 0.3) is 0 Å². The van der Waals surface area contributed by atoms with Crippen molar-refractivity contribution in [2.45, 2.75) is 19.4 Å². The molecule has 1 aromatic rings. The SMILES string of the molecule is C[C@@H]1CN[C@H](c2cccc(F)c2)C1. The van der Waals surface area contributed by atoms with E-state index in [4.69, 9.17) is 0 Å². The van der Waals surface area contributed by atoms with Crippen LogP contribution in [0.3, 0.4) is 0 Å². The number of rotatable bonds is 1. The van der Waals surface area contributed by atoms with E-state index in [9.17, 15) is 4.39 Å². The Morgan fingerprint density at radius 1 is 1.46 bits per heavy atom. The molecule has 1 saturated heterocycles. The van der Waals surface area contributed by atoms with E-state index in [-0.39, 0.29) is 5.82 Å². The molecule has 0 bridgehead atoms. The second kappa shape index (κ2) is 3.46. The zero-order valence-electron chi connectivity index (χ0n) is 7.76. The summed E-state index contributed by atoms with van der Waals surface area (Å²) in [5.74, 6) is 0.562. The Hall–Kier alpha value is -0.890. The molecule has 1 N–H and O–H groups in total. The first-order valence-electron chi connectivity index (χ1n) is 4.74. The molecular weight excluding hydrogens is 165 g/mol. The summed E-state index contributed by atoms with van der Waals surface area (Å²) in [4.78, 5) is 0. The van der Waals surface area contributed by atoms with Crippen molar-refractivity contribution >= 4 is 0 Å². The average molecular weight is 179 g/mol. The van der Waals surface area contributed by atoms with E-state index in [1.807, 2.05) is 6.07 Å². The van der Waals surface area contributed by atoms with Gasteiger partial charge in [0.05, 0.1) is 0 Å². The molecule has 0 aromatic heterocycles. The van der Waals surface area contributed by atoms with Crippen molar-refractivity contribution in [2.75, 3.05) is 6.54 Å². The molecule has 13 heavy (non-hydrogen) atoms. The summed E-state index contributed by atoms with van der Waals surface area (Å²) in [6.07, 6.45) is 1.11. The minimum atomic E-state index is -0.140. The molecule has 0 radical (unpaired) electrons. The molecule has 1 aliphatic heterocycles. The Morgan fingerprint density at radius 3 is 2.92 bits per heavy atom. The molecule has 0 unspecified atom stereocenters. The molecule has 0 saturated carbocycles. The second-order valence-corrected chi connectivity index (χ2v) is 3.86. The first kappa shape index (κ1) is 8.70. The van der Waals surface area contributed by atoms with Gasteiger partial charge in [0.1, 0.15) is 5.82 Å². The van der Waals surface area contributed by atoms with Crippen molar-refractivity contribution in [3.63, 3.8) is 0 Å². The van der Waals surface area contributed by atoms with Crippen molar-refractivity contribution in [2.24, 2.45) is 5.92 Å². The summed E-state index contributed by atoms with van der Waals surface area (Å²) in [6, 6.07) is 7.22. The van der Waals surface area contributed by atoms with E-state index < -0.39 is 0 Å². The molecule has 0 aliphatic carbocycles. The van der Waals surface area contributed by atoms with Gasteiger partial charge in [-0.2, -0.15) is 0 Å². The molecule has 70 valence electrons. The van der Waals surface area contributed by atoms with Gasteiger partial charge >= 0.3 is 0 Å². The molecule has 2 rings (SSSR count). The van der Waals surface area contributed by atoms with Gasteiger partial charge in [0.2, 0.25) is 0 Å². The summed E-state index contributed by atoms with van der Waals surface area (Å²) in [5.41, 5.74) is 1.07. The van der Waals surface area contributed by atoms with E-state index in [0.29, 0.717) is 12.0 Å². The Morgan fingerprint density at radius 2 is 2.31 bits per heavy atom. The van der Waals surface area contributed by atoms with Gasteiger partial charge < -0.3 is 5.32 Å². The number of hydrogen-bond donors (Lipinski definition) is 1. The third-order valence-electron chi connectivity index (χ3n) is 2.60. The van der Waals surface area contributed by atoms with Crippen LogP contribution in [-0.4, -0.2) is 6.54 Å². The molecule has 1 fully saturated rings. The Bertz CT molecular complexity index is 298. The topological polar surface area (TPSA) is 12.0 Å². The molecule has 1 nitrogen and oxygen atoms in total. The minimum Gasteiger partial charge on any atom is -0.310 e. The first-order valence-corrected chi connectivity index (χ1v) is 4.74. The monoisotopic (exact) mass is 179 g/mol. The summed E-state index contributed by atoms with van der Waals surface area (Å²) in [6.45, 7) is 3.26. The lowest BCUT2D eigenvalue weighted by Gasteiger charge is -2.09. The van der Waals surface area contributed by atoms with Crippen LogP contribution in [0.1, 0.15) is 24.9 Å². The van der Waals surface area contributed by atoms with Crippen LogP contribution < -0.4 is 5.32 Å². The quantitative estimate of drug-likeness (QED) is 0.698. The molecule has 2 atom stereocenters. The highest BCUT2D eigenvalue weighted by molar-refractivity contribution is 5.21. The molecule has 1 aromatic carbocycles. The van der Waals surface area contributed by atoms with Crippen LogP contribution in [0.4, 0.5) is 4.39 Å². The zero-order chi connectivity index (χ0) is 9.26. The Balaban J connectivity index is 2.16. The maximum atomic E-state index is 12.9. The number of benzene rings is 1. The summed E-state index contributed by atoms with van der Waals surface area (Å²) in [7, 11) is 0. The van der Waals surface area contributed by atoms with Gasteiger partial charge in [-0.05, 0) is 36.6 Å². The predicted octanol–water partition coefficient (Wildman–Crippen LogP) is 2.50. The molecule has 1 heterocycles. The predicted molar refractivity (Wildman–Crippen MR) is 50.9 cm³/mol. The van der Waals surface area contributed by atoms with Gasteiger partial charge in [-0.1, -0.05) is 19.1 Å². The van der Waals surface area contributed by atoms with Crippen LogP contribution in [0.2, 0.25) is 0 Å². The van der Waals surface area contributed by atoms with Crippen molar-refractivity contribution in [1.29, 1.82) is 0 Å². The summed E-state index contributed by atoms with van der Waals surface area (Å²) < 4.78 is 12.9. The van der Waals surface area contributed by atoms with Crippen LogP contribution in [0.15, 0.2) is 24.3 Å². The normalized spacial score (nSPS) is 27.8. The van der Waals surface area contributed by atoms with Gasteiger partial charge in [0, 0.05) is 6.04 Å². The standard InChI is InChI=1S/C11H14FN/c1-8-5-11(13-7-8)9-3-2-4-10(12)6-9/h2-4,6,8,11,13H,5,7H2,1H3/t8-,11-/m0/s1. The van der Waals surface area contributed by atoms with Crippen molar-refractivity contribution in [3.05, 3.63) is 35.6 Å². The molecule has 0 spiro atoms. The fraction of sp³-hybridized carbons (Fsp3) is 0.455. The minimum absolute atomic E-state index is 0.140. The molecular formula is C11H14FN. The van der Waals surface area contributed by atoms with Gasteiger partial charge in [0.15, 0.2) is 0 Å². The zero-order valence-corrected chi connectivity index (χ0v) is 7.76. The fourth-order valence-electron chi connectivity index (χ4n) is 1.89. The van der Waals surface area contributed by atoms with Gasteiger partial charge in [-0.15, -0.1) is 0 Å². The van der Waals surface area contributed by atoms with Crippen molar-refractivity contribution < 1.29 is 4.39 Å². The highest BCUT2D eigenvalue weighted by atomic mass is 19.1. The lowest BCUT2D eigenvalue weighted by molar-refractivity contribution is 0.594. The fourth-order valence-corrected chi connectivity index (χ4v) is 1.89. The maximum Gasteiger partial charge on any atom is 0.123 e. The first-order chi connectivity index (χ1) is 6.25. The number of halogens is 1. The van der Waals surface area contributed by atoms with Crippen molar-refractivity contribution in [3.8, 4) is 0 Å². The van der Waals surface area contributed by atoms with Crippen molar-refractivity contribution in [1.82, 2.24) is 5.32 Å². The number of hydrogen-bond acceptors (Lipinski definition) is 1. The largest absolute Gasteiger partial charge is 0.310 e. The van der Waals surface area contributed by atoms with Gasteiger partial charge in [-0.25, -0.2) is 4.39 Å². The smallest absolute Gasteiger partial charge is 0.123 e. The molecule has 0 amide bonds. The van der Waals surface area contributed by atoms with Crippen LogP contribution in [-0.2, 0) is 0 Å². The maximum absolute atomic E-state index is 12.9. The second-order valence-electron chi connectivity index (χ2n) is 3.86. The van der Waals surface area contributed by atoms with Crippen LogP contribution in [0.25, 0.3) is 0 Å². The Kier molecular flexibility index (Phi) is 2.32. The van der Waals surface area contributed by atoms with E-state index in [2.05, 4.69) is 12.2 Å². The van der Waals surface area contributed by atoms with E-state index >= 15 is 0 Å². The van der Waals surface area contributed by atoms with Gasteiger partial charge in [-0.3, -0.25) is 0 Å². The summed E-state index contributed by atoms with van der Waals surface area (Å²) >= 11 is 0. The van der Waals surface area contributed by atoms with Crippen LogP contribution >= 0.6 is 0 Å². The third-order valence-corrected chi connectivity index (χ3v) is 2.60. The Labute approximate surface area is 78.0 Å². The average Bonchev–Trinajstić information content (AvgIpc) is 2.52. The van der Waals surface area contributed by atoms with Crippen LogP contribution in [0.5, 0.6) is 0 Å².